The molecule has 1 atom stereocenters. The first-order chi connectivity index (χ1) is 13.3. The van der Waals surface area contributed by atoms with Crippen molar-refractivity contribution < 1.29 is 14.3 Å². The quantitative estimate of drug-likeness (QED) is 0.846. The maximum atomic E-state index is 11.9. The Kier molecular flexibility index (Phi) is 4.24. The molecule has 1 saturated carbocycles. The normalized spacial score (nSPS) is 21.1. The number of aromatic nitrogens is 2. The van der Waals surface area contributed by atoms with Crippen LogP contribution in [0, 0.1) is 5.92 Å². The summed E-state index contributed by atoms with van der Waals surface area (Å²) in [4.78, 5) is 14.3. The first-order valence-electron chi connectivity index (χ1n) is 9.67. The third-order valence-electron chi connectivity index (χ3n) is 5.52. The third-order valence-corrected chi connectivity index (χ3v) is 5.52. The number of carbonyl (C=O) groups excluding carboxylic acids is 1. The molecule has 0 bridgehead atoms. The van der Waals surface area contributed by atoms with Gasteiger partial charge in [-0.25, -0.2) is 0 Å². The highest BCUT2D eigenvalue weighted by molar-refractivity contribution is 5.80. The first-order valence-corrected chi connectivity index (χ1v) is 9.67. The number of amides is 1. The van der Waals surface area contributed by atoms with E-state index in [1.165, 1.54) is 11.3 Å². The van der Waals surface area contributed by atoms with Crippen LogP contribution in [0.15, 0.2) is 30.5 Å². The molecule has 1 aromatic heterocycles. The topological polar surface area (TPSA) is 68.6 Å². The number of nitrogens with one attached hydrogen (secondary N) is 1. The number of hydrogen-bond donors (Lipinski definition) is 1. The summed E-state index contributed by atoms with van der Waals surface area (Å²) in [5.41, 5.74) is 2.44. The molecule has 1 unspecified atom stereocenters. The van der Waals surface area contributed by atoms with Crippen molar-refractivity contribution in [2.45, 2.75) is 38.4 Å². The summed E-state index contributed by atoms with van der Waals surface area (Å²) in [5, 5.41) is 7.59. The van der Waals surface area contributed by atoms with Gasteiger partial charge in [0.2, 0.25) is 12.7 Å². The summed E-state index contributed by atoms with van der Waals surface area (Å²) in [7, 11) is 0. The van der Waals surface area contributed by atoms with Gasteiger partial charge in [-0.3, -0.25) is 14.4 Å². The van der Waals surface area contributed by atoms with Crippen LogP contribution >= 0.6 is 0 Å². The van der Waals surface area contributed by atoms with Crippen molar-refractivity contribution in [1.82, 2.24) is 20.0 Å². The van der Waals surface area contributed by atoms with Gasteiger partial charge in [-0.2, -0.15) is 5.10 Å². The molecule has 1 amide bonds. The van der Waals surface area contributed by atoms with Crippen molar-refractivity contribution >= 4 is 5.91 Å². The molecular weight excluding hydrogens is 344 g/mol. The number of ether oxygens (including phenoxy) is 2. The molecule has 3 aliphatic rings. The highest BCUT2D eigenvalue weighted by Gasteiger charge is 2.30. The van der Waals surface area contributed by atoms with Gasteiger partial charge in [-0.05, 0) is 43.0 Å². The van der Waals surface area contributed by atoms with E-state index in [1.807, 2.05) is 12.3 Å². The predicted octanol–water partition coefficient (Wildman–Crippen LogP) is 2.08. The fraction of sp³-hybridized carbons (Fsp3) is 0.500. The predicted molar refractivity (Wildman–Crippen MR) is 98.3 cm³/mol. The van der Waals surface area contributed by atoms with Gasteiger partial charge < -0.3 is 14.8 Å². The summed E-state index contributed by atoms with van der Waals surface area (Å²) in [6, 6.07) is 8.51. The second kappa shape index (κ2) is 6.88. The second-order valence-corrected chi connectivity index (χ2v) is 7.63. The van der Waals surface area contributed by atoms with E-state index in [2.05, 4.69) is 38.2 Å². The molecule has 7 nitrogen and oxygen atoms in total. The van der Waals surface area contributed by atoms with Gasteiger partial charge >= 0.3 is 0 Å². The zero-order valence-corrected chi connectivity index (χ0v) is 15.3. The first kappa shape index (κ1) is 16.6. The van der Waals surface area contributed by atoms with Gasteiger partial charge in [-0.1, -0.05) is 6.07 Å². The largest absolute Gasteiger partial charge is 0.454 e. The zero-order chi connectivity index (χ0) is 18.2. The number of fused-ring (bicyclic) bond motifs is 2. The van der Waals surface area contributed by atoms with Crippen molar-refractivity contribution in [1.29, 1.82) is 0 Å². The summed E-state index contributed by atoms with van der Waals surface area (Å²) in [6.07, 6.45) is 4.85. The Hall–Kier alpha value is -2.54. The fourth-order valence-electron chi connectivity index (χ4n) is 3.95. The van der Waals surface area contributed by atoms with E-state index >= 15 is 0 Å². The van der Waals surface area contributed by atoms with Crippen LogP contribution in [-0.4, -0.2) is 40.5 Å². The smallest absolute Gasteiger partial charge is 0.231 e. The maximum Gasteiger partial charge on any atom is 0.231 e. The number of benzene rings is 1. The Balaban J connectivity index is 1.24. The molecule has 5 rings (SSSR count). The van der Waals surface area contributed by atoms with Crippen molar-refractivity contribution in [2.75, 3.05) is 19.9 Å². The molecule has 1 aliphatic carbocycles. The van der Waals surface area contributed by atoms with Gasteiger partial charge in [-0.15, -0.1) is 0 Å². The lowest BCUT2D eigenvalue weighted by Gasteiger charge is -2.34. The molecule has 1 fully saturated rings. The van der Waals surface area contributed by atoms with Crippen LogP contribution in [0.4, 0.5) is 0 Å². The summed E-state index contributed by atoms with van der Waals surface area (Å²) < 4.78 is 13.0. The van der Waals surface area contributed by atoms with Crippen molar-refractivity contribution in [3.05, 3.63) is 41.7 Å². The molecule has 0 radical (unpaired) electrons. The van der Waals surface area contributed by atoms with E-state index < -0.39 is 0 Å². The molecule has 0 spiro atoms. The summed E-state index contributed by atoms with van der Waals surface area (Å²) in [6.45, 7) is 3.65. The van der Waals surface area contributed by atoms with Gasteiger partial charge in [0.1, 0.15) is 0 Å². The van der Waals surface area contributed by atoms with E-state index in [-0.39, 0.29) is 17.9 Å². The average molecular weight is 368 g/mol. The maximum absolute atomic E-state index is 11.9. The van der Waals surface area contributed by atoms with E-state index in [0.29, 0.717) is 13.3 Å². The number of hydrogen-bond acceptors (Lipinski definition) is 5. The number of nitrogens with zero attached hydrogens (tertiary/aromatic N) is 3. The monoisotopic (exact) mass is 368 g/mol. The molecule has 2 aliphatic heterocycles. The standard InChI is InChI=1S/C20H24N4O3/c25-20(15-2-3-15)21-7-5-16-11-23(12-17-6-8-22-24(16)17)10-14-1-4-18-19(9-14)27-13-26-18/h1,4,6,8-9,15-16H,2-3,5,7,10-13H2,(H,21,25). The van der Waals surface area contributed by atoms with Crippen LogP contribution in [0.5, 0.6) is 11.5 Å². The molecule has 27 heavy (non-hydrogen) atoms. The molecule has 2 aromatic rings. The molecule has 3 heterocycles. The molecule has 142 valence electrons. The van der Waals surface area contributed by atoms with Crippen molar-refractivity contribution in [2.24, 2.45) is 5.92 Å². The Morgan fingerprint density at radius 3 is 3.00 bits per heavy atom. The zero-order valence-electron chi connectivity index (χ0n) is 15.3. The highest BCUT2D eigenvalue weighted by Crippen LogP contribution is 2.33. The van der Waals surface area contributed by atoms with Crippen LogP contribution in [0.3, 0.4) is 0 Å². The lowest BCUT2D eigenvalue weighted by Crippen LogP contribution is -2.39. The van der Waals surface area contributed by atoms with E-state index in [4.69, 9.17) is 9.47 Å². The van der Waals surface area contributed by atoms with Crippen molar-refractivity contribution in [3.8, 4) is 11.5 Å². The number of carbonyl (C=O) groups is 1. The molecule has 7 heteroatoms. The highest BCUT2D eigenvalue weighted by atomic mass is 16.7. The van der Waals surface area contributed by atoms with Gasteiger partial charge in [0.15, 0.2) is 11.5 Å². The Morgan fingerprint density at radius 2 is 2.11 bits per heavy atom. The van der Waals surface area contributed by atoms with Crippen molar-refractivity contribution in [3.63, 3.8) is 0 Å². The molecule has 1 N–H and O–H groups in total. The van der Waals surface area contributed by atoms with Crippen LogP contribution in [0.25, 0.3) is 0 Å². The minimum Gasteiger partial charge on any atom is -0.454 e. The minimum atomic E-state index is 0.212. The lowest BCUT2D eigenvalue weighted by molar-refractivity contribution is -0.122. The van der Waals surface area contributed by atoms with Crippen LogP contribution in [-0.2, 0) is 17.9 Å². The summed E-state index contributed by atoms with van der Waals surface area (Å²) in [5.74, 6) is 2.12. The van der Waals surface area contributed by atoms with Crippen LogP contribution < -0.4 is 14.8 Å². The molecule has 1 aromatic carbocycles. The fourth-order valence-corrected chi connectivity index (χ4v) is 3.95. The second-order valence-electron chi connectivity index (χ2n) is 7.63. The van der Waals surface area contributed by atoms with Gasteiger partial charge in [0.05, 0.1) is 11.7 Å². The Morgan fingerprint density at radius 1 is 1.22 bits per heavy atom. The van der Waals surface area contributed by atoms with Gasteiger partial charge in [0.25, 0.3) is 0 Å². The molecular formula is C20H24N4O3. The van der Waals surface area contributed by atoms with E-state index in [1.54, 1.807) is 0 Å². The third kappa shape index (κ3) is 3.51. The van der Waals surface area contributed by atoms with Gasteiger partial charge in [0, 0.05) is 38.3 Å². The Bertz CT molecular complexity index is 846. The molecule has 0 saturated heterocycles. The summed E-state index contributed by atoms with van der Waals surface area (Å²) >= 11 is 0. The van der Waals surface area contributed by atoms with E-state index in [0.717, 1.165) is 50.4 Å². The number of rotatable bonds is 6. The van der Waals surface area contributed by atoms with Crippen LogP contribution in [0.1, 0.15) is 36.6 Å². The minimum absolute atomic E-state index is 0.212. The Labute approximate surface area is 158 Å². The van der Waals surface area contributed by atoms with Crippen LogP contribution in [0.2, 0.25) is 0 Å². The average Bonchev–Trinajstić information content (AvgIpc) is 3.23. The lowest BCUT2D eigenvalue weighted by atomic mass is 10.1. The van der Waals surface area contributed by atoms with E-state index in [9.17, 15) is 4.79 Å². The SMILES string of the molecule is O=C(NCCC1CN(Cc2ccc3c(c2)OCO3)Cc2ccnn21)C1CC1.